The molecule has 0 aliphatic heterocycles. The van der Waals surface area contributed by atoms with E-state index in [4.69, 9.17) is 18.9 Å². The zero-order chi connectivity index (χ0) is 34.6. The van der Waals surface area contributed by atoms with Gasteiger partial charge < -0.3 is 19.0 Å². The van der Waals surface area contributed by atoms with Gasteiger partial charge in [-0.2, -0.15) is 4.99 Å². The number of fused-ring (bicyclic) bond motifs is 1. The fourth-order valence-electron chi connectivity index (χ4n) is 4.24. The zero-order valence-electron chi connectivity index (χ0n) is 29.2. The Bertz CT molecular complexity index is 1740. The number of carboxylic acids is 1. The van der Waals surface area contributed by atoms with Crippen LogP contribution in [0.25, 0.3) is 10.2 Å². The highest BCUT2D eigenvalue weighted by molar-refractivity contribution is 7.16. The van der Waals surface area contributed by atoms with E-state index in [0.29, 0.717) is 43.3 Å². The topological polar surface area (TPSA) is 124 Å². The third-order valence-electron chi connectivity index (χ3n) is 8.33. The van der Waals surface area contributed by atoms with E-state index in [0.717, 1.165) is 26.6 Å². The number of methoxy groups -OCH3 is 1. The number of hydrogen-bond donors (Lipinski definition) is 1. The predicted molar refractivity (Wildman–Crippen MR) is 196 cm³/mol. The predicted octanol–water partition coefficient (Wildman–Crippen LogP) is 7.68. The maximum absolute atomic E-state index is 11.7. The van der Waals surface area contributed by atoms with Crippen molar-refractivity contribution in [2.75, 3.05) is 31.8 Å². The van der Waals surface area contributed by atoms with Crippen LogP contribution in [0.2, 0.25) is 43.8 Å². The molecule has 256 valence electrons. The smallest absolute Gasteiger partial charge is 0.355 e. The van der Waals surface area contributed by atoms with Gasteiger partial charge in [0.05, 0.1) is 29.5 Å². The summed E-state index contributed by atoms with van der Waals surface area (Å²) in [4.78, 5) is 23.6. The van der Waals surface area contributed by atoms with Gasteiger partial charge >= 0.3 is 5.97 Å². The molecule has 0 bridgehead atoms. The van der Waals surface area contributed by atoms with Crippen LogP contribution in [0, 0.1) is 6.92 Å². The third-order valence-corrected chi connectivity index (χ3v) is 16.5. The summed E-state index contributed by atoms with van der Waals surface area (Å²) in [6.45, 7) is 21.8. The maximum atomic E-state index is 11.7. The number of aromatic carboxylic acids is 1. The summed E-state index contributed by atoms with van der Waals surface area (Å²) in [5.41, 5.74) is 1.84. The van der Waals surface area contributed by atoms with E-state index in [9.17, 15) is 9.90 Å². The van der Waals surface area contributed by atoms with Crippen molar-refractivity contribution in [2.24, 2.45) is 4.99 Å². The molecule has 11 nitrogen and oxygen atoms in total. The highest BCUT2D eigenvalue weighted by Crippen LogP contribution is 2.37. The first-order valence-corrected chi connectivity index (χ1v) is 24.0. The van der Waals surface area contributed by atoms with E-state index in [2.05, 4.69) is 85.4 Å². The molecule has 0 radical (unpaired) electrons. The standard InChI is InChI=1S/C32H48N6O5S2Si2/c1-22-17-27(37(30-33-24(20-44-30)29(39)40)18-23(41-5)19-43-47(9,10)32(2,3)4)35-36-28(22)34-31-38(21-42-15-16-46(6,7)8)25-13-11-12-14-26(25)45-31/h11-14,17,20,23H,15-16,18-19,21H2,1-10H3,(H,39,40)/b34-31-. The molecule has 4 rings (SSSR count). The quantitative estimate of drug-likeness (QED) is 0.0975. The first-order chi connectivity index (χ1) is 22.0. The van der Waals surface area contributed by atoms with Gasteiger partial charge in [-0.25, -0.2) is 9.78 Å². The number of carbonyl (C=O) groups is 1. The zero-order valence-corrected chi connectivity index (χ0v) is 32.8. The number of para-hydroxylation sites is 1. The minimum Gasteiger partial charge on any atom is -0.476 e. The summed E-state index contributed by atoms with van der Waals surface area (Å²) in [5.74, 6) is -0.0819. The Labute approximate surface area is 287 Å². The number of aromatic nitrogens is 4. The first-order valence-electron chi connectivity index (χ1n) is 15.7. The van der Waals surface area contributed by atoms with E-state index in [1.165, 1.54) is 16.7 Å². The molecule has 0 amide bonds. The molecule has 0 fully saturated rings. The van der Waals surface area contributed by atoms with E-state index in [-0.39, 0.29) is 16.8 Å². The van der Waals surface area contributed by atoms with Gasteiger partial charge in [0.2, 0.25) is 0 Å². The fourth-order valence-corrected chi connectivity index (χ4v) is 7.86. The Morgan fingerprint density at radius 1 is 1.15 bits per heavy atom. The number of anilines is 2. The number of thiazole rings is 2. The molecule has 1 atom stereocenters. The number of aryl methyl sites for hydroxylation is 1. The summed E-state index contributed by atoms with van der Waals surface area (Å²) in [7, 11) is -1.60. The van der Waals surface area contributed by atoms with Crippen LogP contribution in [0.4, 0.5) is 16.8 Å². The number of benzene rings is 1. The molecular weight excluding hydrogens is 669 g/mol. The number of carboxylic acid groups (broad SMARTS) is 1. The van der Waals surface area contributed by atoms with Crippen LogP contribution >= 0.6 is 22.7 Å². The van der Waals surface area contributed by atoms with Crippen LogP contribution < -0.4 is 9.70 Å². The second-order valence-electron chi connectivity index (χ2n) is 14.3. The van der Waals surface area contributed by atoms with E-state index in [1.54, 1.807) is 18.4 Å². The molecule has 3 heterocycles. The average Bonchev–Trinajstić information content (AvgIpc) is 3.61. The van der Waals surface area contributed by atoms with Gasteiger partial charge in [0.1, 0.15) is 6.73 Å². The van der Waals surface area contributed by atoms with Crippen molar-refractivity contribution >= 4 is 72.0 Å². The first kappa shape index (κ1) is 37.0. The van der Waals surface area contributed by atoms with Gasteiger partial charge in [0.15, 0.2) is 35.6 Å². The molecule has 15 heteroatoms. The summed E-state index contributed by atoms with van der Waals surface area (Å²) in [6, 6.07) is 11.2. The van der Waals surface area contributed by atoms with Gasteiger partial charge in [-0.1, -0.05) is 63.9 Å². The number of hydrogen-bond acceptors (Lipinski definition) is 11. The lowest BCUT2D eigenvalue weighted by Crippen LogP contribution is -2.44. The average molecular weight is 717 g/mol. The minimum absolute atomic E-state index is 0.0285. The summed E-state index contributed by atoms with van der Waals surface area (Å²) in [6.07, 6.45) is -0.328. The Kier molecular flexibility index (Phi) is 12.0. The molecule has 4 aromatic rings. The van der Waals surface area contributed by atoms with Crippen LogP contribution in [0.15, 0.2) is 40.7 Å². The van der Waals surface area contributed by atoms with Crippen molar-refractivity contribution in [1.82, 2.24) is 19.7 Å². The van der Waals surface area contributed by atoms with Crippen LogP contribution in [-0.4, -0.2) is 80.2 Å². The molecule has 1 aromatic carbocycles. The number of ether oxygens (including phenoxy) is 2. The molecule has 3 aromatic heterocycles. The van der Waals surface area contributed by atoms with Crippen LogP contribution in [0.1, 0.15) is 36.8 Å². The van der Waals surface area contributed by atoms with E-state index >= 15 is 0 Å². The summed E-state index contributed by atoms with van der Waals surface area (Å²) < 4.78 is 21.7. The van der Waals surface area contributed by atoms with E-state index in [1.807, 2.05) is 30.0 Å². The monoisotopic (exact) mass is 716 g/mol. The lowest BCUT2D eigenvalue weighted by molar-refractivity contribution is 0.0591. The Morgan fingerprint density at radius 3 is 2.49 bits per heavy atom. The molecule has 0 aliphatic rings. The highest BCUT2D eigenvalue weighted by atomic mass is 32.1. The lowest BCUT2D eigenvalue weighted by atomic mass is 10.2. The summed E-state index contributed by atoms with van der Waals surface area (Å²) >= 11 is 2.81. The molecule has 1 N–H and O–H groups in total. The van der Waals surface area contributed by atoms with Crippen molar-refractivity contribution in [2.45, 2.75) is 84.3 Å². The van der Waals surface area contributed by atoms with Crippen LogP contribution in [0.5, 0.6) is 0 Å². The maximum Gasteiger partial charge on any atom is 0.355 e. The van der Waals surface area contributed by atoms with Crippen molar-refractivity contribution in [3.8, 4) is 0 Å². The van der Waals surface area contributed by atoms with Crippen molar-refractivity contribution in [3.05, 3.63) is 51.8 Å². The second-order valence-corrected chi connectivity index (χ2v) is 26.6. The second kappa shape index (κ2) is 15.2. The van der Waals surface area contributed by atoms with Gasteiger partial charge in [-0.15, -0.1) is 21.5 Å². The number of nitrogens with zero attached hydrogens (tertiary/aromatic N) is 6. The third kappa shape index (κ3) is 9.65. The molecule has 1 unspecified atom stereocenters. The van der Waals surface area contributed by atoms with Gasteiger partial charge in [0.25, 0.3) is 0 Å². The minimum atomic E-state index is -2.03. The van der Waals surface area contributed by atoms with Gasteiger partial charge in [0, 0.05) is 27.2 Å². The van der Waals surface area contributed by atoms with Crippen molar-refractivity contribution < 1.29 is 23.8 Å². The lowest BCUT2D eigenvalue weighted by Gasteiger charge is -2.37. The molecule has 0 aliphatic carbocycles. The van der Waals surface area contributed by atoms with Crippen LogP contribution in [-0.2, 0) is 20.6 Å². The largest absolute Gasteiger partial charge is 0.476 e. The normalized spacial score (nSPS) is 13.8. The van der Waals surface area contributed by atoms with Crippen molar-refractivity contribution in [3.63, 3.8) is 0 Å². The SMILES string of the molecule is COC(CO[Si](C)(C)C(C)(C)C)CN(c1cc(C)c(/N=c2\sc3ccccc3n2COCC[Si](C)(C)C)nn1)c1nc(C(=O)O)cs1. The van der Waals surface area contributed by atoms with Crippen molar-refractivity contribution in [1.29, 1.82) is 0 Å². The van der Waals surface area contributed by atoms with Crippen LogP contribution in [0.3, 0.4) is 0 Å². The van der Waals surface area contributed by atoms with Gasteiger partial charge in [-0.3, -0.25) is 9.47 Å². The Balaban J connectivity index is 1.66. The fraction of sp³-hybridized carbons (Fsp3) is 0.531. The number of rotatable bonds is 15. The molecular formula is C32H48N6O5S2Si2. The Hall–Kier alpha value is -2.80. The molecule has 47 heavy (non-hydrogen) atoms. The van der Waals surface area contributed by atoms with Gasteiger partial charge in [-0.05, 0) is 54.9 Å². The molecule has 0 spiro atoms. The molecule has 0 saturated carbocycles. The van der Waals surface area contributed by atoms with E-state index < -0.39 is 22.4 Å². The Morgan fingerprint density at radius 2 is 1.87 bits per heavy atom. The summed E-state index contributed by atoms with van der Waals surface area (Å²) in [5, 5.41) is 20.7. The molecule has 0 saturated heterocycles. The highest BCUT2D eigenvalue weighted by Gasteiger charge is 2.38.